The zero-order valence-corrected chi connectivity index (χ0v) is 15.8. The molecule has 140 valence electrons. The number of rotatable bonds is 7. The molecule has 0 saturated carbocycles. The fourth-order valence-electron chi connectivity index (χ4n) is 3.04. The fourth-order valence-corrected chi connectivity index (χ4v) is 3.04. The predicted octanol–water partition coefficient (Wildman–Crippen LogP) is 3.93. The molecule has 0 atom stereocenters. The van der Waals surface area contributed by atoms with Gasteiger partial charge in [0, 0.05) is 30.9 Å². The summed E-state index contributed by atoms with van der Waals surface area (Å²) < 4.78 is 17.7. The van der Waals surface area contributed by atoms with E-state index in [1.54, 1.807) is 14.2 Å². The van der Waals surface area contributed by atoms with Gasteiger partial charge in [-0.25, -0.2) is 4.79 Å². The molecule has 0 fully saturated rings. The molecule has 3 aromatic rings. The molecule has 0 bridgehead atoms. The lowest BCUT2D eigenvalue weighted by molar-refractivity contribution is 0.0600. The van der Waals surface area contributed by atoms with Crippen molar-refractivity contribution in [3.05, 3.63) is 83.2 Å². The number of hydrogen-bond donors (Lipinski definition) is 0. The van der Waals surface area contributed by atoms with Crippen LogP contribution >= 0.6 is 0 Å². The topological polar surface area (TPSA) is 49.7 Å². The van der Waals surface area contributed by atoms with Crippen molar-refractivity contribution in [2.45, 2.75) is 13.0 Å². The Kier molecular flexibility index (Phi) is 5.81. The van der Waals surface area contributed by atoms with Crippen LogP contribution in [0.1, 0.15) is 27.2 Å². The second-order valence-electron chi connectivity index (χ2n) is 6.22. The molecule has 0 aliphatic carbocycles. The highest BCUT2D eigenvalue weighted by Gasteiger charge is 2.14. The van der Waals surface area contributed by atoms with Crippen molar-refractivity contribution in [3.8, 4) is 11.5 Å². The molecule has 0 unspecified atom stereocenters. The minimum Gasteiger partial charge on any atom is -0.497 e. The highest BCUT2D eigenvalue weighted by molar-refractivity contribution is 5.89. The number of hydrogen-bond acceptors (Lipinski definition) is 4. The Labute approximate surface area is 159 Å². The first-order valence-corrected chi connectivity index (χ1v) is 8.66. The van der Waals surface area contributed by atoms with E-state index < -0.39 is 0 Å². The summed E-state index contributed by atoms with van der Waals surface area (Å²) in [6, 6.07) is 17.8. The third-order valence-electron chi connectivity index (χ3n) is 4.40. The first kappa shape index (κ1) is 18.6. The summed E-state index contributed by atoms with van der Waals surface area (Å²) in [5, 5.41) is 0. The van der Waals surface area contributed by atoms with E-state index in [4.69, 9.17) is 14.2 Å². The van der Waals surface area contributed by atoms with Crippen LogP contribution in [0, 0.1) is 0 Å². The molecule has 1 aromatic heterocycles. The van der Waals surface area contributed by atoms with Crippen LogP contribution in [0.2, 0.25) is 0 Å². The Morgan fingerprint density at radius 2 is 1.56 bits per heavy atom. The number of carbonyl (C=O) groups excluding carboxylic acids is 1. The average Bonchev–Trinajstić information content (AvgIpc) is 3.10. The summed E-state index contributed by atoms with van der Waals surface area (Å²) in [7, 11) is 4.65. The lowest BCUT2D eigenvalue weighted by Crippen LogP contribution is -2.05. The number of carbonyl (C=O) groups is 1. The molecule has 5 heteroatoms. The SMILES string of the molecule is COC(=O)c1cc(Cc2ccccc2)n(Cc2cc(OC)cc(OC)c2)c1. The van der Waals surface area contributed by atoms with Gasteiger partial charge in [0.05, 0.1) is 26.9 Å². The monoisotopic (exact) mass is 365 g/mol. The number of aromatic nitrogens is 1. The summed E-state index contributed by atoms with van der Waals surface area (Å²) in [6.07, 6.45) is 2.55. The van der Waals surface area contributed by atoms with E-state index in [1.165, 1.54) is 12.7 Å². The normalized spacial score (nSPS) is 10.5. The van der Waals surface area contributed by atoms with Gasteiger partial charge < -0.3 is 18.8 Å². The van der Waals surface area contributed by atoms with E-state index in [0.717, 1.165) is 29.2 Å². The van der Waals surface area contributed by atoms with Gasteiger partial charge in [0.1, 0.15) is 11.5 Å². The van der Waals surface area contributed by atoms with Gasteiger partial charge in [-0.2, -0.15) is 0 Å². The van der Waals surface area contributed by atoms with Gasteiger partial charge in [-0.1, -0.05) is 30.3 Å². The summed E-state index contributed by atoms with van der Waals surface area (Å²) in [4.78, 5) is 12.0. The van der Waals surface area contributed by atoms with Crippen LogP contribution in [0.3, 0.4) is 0 Å². The van der Waals surface area contributed by atoms with E-state index in [2.05, 4.69) is 16.7 Å². The molecular weight excluding hydrogens is 342 g/mol. The minimum atomic E-state index is -0.341. The Morgan fingerprint density at radius 3 is 2.15 bits per heavy atom. The molecule has 3 rings (SSSR count). The van der Waals surface area contributed by atoms with Crippen LogP contribution in [0.4, 0.5) is 0 Å². The van der Waals surface area contributed by atoms with Crippen LogP contribution in [0.25, 0.3) is 0 Å². The quantitative estimate of drug-likeness (QED) is 0.595. The molecule has 0 aliphatic heterocycles. The van der Waals surface area contributed by atoms with Crippen molar-refractivity contribution in [1.29, 1.82) is 0 Å². The standard InChI is InChI=1S/C22H23NO4/c1-25-20-10-17(11-21(13-20)26-2)14-23-15-18(22(24)27-3)12-19(23)9-16-7-5-4-6-8-16/h4-8,10-13,15H,9,14H2,1-3H3. The zero-order chi connectivity index (χ0) is 19.2. The first-order chi connectivity index (χ1) is 13.1. The van der Waals surface area contributed by atoms with E-state index in [-0.39, 0.29) is 5.97 Å². The van der Waals surface area contributed by atoms with Gasteiger partial charge in [0.2, 0.25) is 0 Å². The zero-order valence-electron chi connectivity index (χ0n) is 15.8. The molecule has 27 heavy (non-hydrogen) atoms. The second-order valence-corrected chi connectivity index (χ2v) is 6.22. The van der Waals surface area contributed by atoms with Crippen molar-refractivity contribution >= 4 is 5.97 Å². The number of benzene rings is 2. The van der Waals surface area contributed by atoms with Crippen LogP contribution in [0.15, 0.2) is 60.8 Å². The summed E-state index contributed by atoms with van der Waals surface area (Å²) in [5.74, 6) is 1.12. The maximum absolute atomic E-state index is 12.0. The molecule has 2 aromatic carbocycles. The highest BCUT2D eigenvalue weighted by atomic mass is 16.5. The van der Waals surface area contributed by atoms with E-state index in [1.807, 2.05) is 48.7 Å². The van der Waals surface area contributed by atoms with Crippen molar-refractivity contribution in [3.63, 3.8) is 0 Å². The Hall–Kier alpha value is -3.21. The molecule has 0 saturated heterocycles. The van der Waals surface area contributed by atoms with Crippen LogP contribution in [-0.4, -0.2) is 31.9 Å². The smallest absolute Gasteiger partial charge is 0.339 e. The lowest BCUT2D eigenvalue weighted by Gasteiger charge is -2.12. The van der Waals surface area contributed by atoms with Gasteiger partial charge in [0.25, 0.3) is 0 Å². The molecule has 0 spiro atoms. The van der Waals surface area contributed by atoms with E-state index in [9.17, 15) is 4.79 Å². The van der Waals surface area contributed by atoms with E-state index in [0.29, 0.717) is 12.1 Å². The fraction of sp³-hybridized carbons (Fsp3) is 0.227. The Balaban J connectivity index is 1.95. The summed E-state index contributed by atoms with van der Waals surface area (Å²) >= 11 is 0. The van der Waals surface area contributed by atoms with Gasteiger partial charge in [-0.05, 0) is 29.3 Å². The first-order valence-electron chi connectivity index (χ1n) is 8.66. The lowest BCUT2D eigenvalue weighted by atomic mass is 10.1. The van der Waals surface area contributed by atoms with Crippen molar-refractivity contribution in [2.24, 2.45) is 0 Å². The minimum absolute atomic E-state index is 0.341. The largest absolute Gasteiger partial charge is 0.497 e. The third kappa shape index (κ3) is 4.50. The highest BCUT2D eigenvalue weighted by Crippen LogP contribution is 2.24. The number of methoxy groups -OCH3 is 3. The molecule has 1 heterocycles. The molecule has 5 nitrogen and oxygen atoms in total. The maximum atomic E-state index is 12.0. The summed E-state index contributed by atoms with van der Waals surface area (Å²) in [5.41, 5.74) is 3.77. The Bertz CT molecular complexity index is 893. The molecule has 0 N–H and O–H groups in total. The maximum Gasteiger partial charge on any atom is 0.339 e. The van der Waals surface area contributed by atoms with Gasteiger partial charge in [-0.15, -0.1) is 0 Å². The van der Waals surface area contributed by atoms with Crippen LogP contribution < -0.4 is 9.47 Å². The average molecular weight is 365 g/mol. The number of nitrogens with zero attached hydrogens (tertiary/aromatic N) is 1. The third-order valence-corrected chi connectivity index (χ3v) is 4.40. The number of ether oxygens (including phenoxy) is 3. The molecule has 0 radical (unpaired) electrons. The van der Waals surface area contributed by atoms with Crippen LogP contribution in [-0.2, 0) is 17.7 Å². The van der Waals surface area contributed by atoms with E-state index >= 15 is 0 Å². The predicted molar refractivity (Wildman–Crippen MR) is 104 cm³/mol. The van der Waals surface area contributed by atoms with Crippen molar-refractivity contribution < 1.29 is 19.0 Å². The Morgan fingerprint density at radius 1 is 0.889 bits per heavy atom. The van der Waals surface area contributed by atoms with Crippen molar-refractivity contribution in [2.75, 3.05) is 21.3 Å². The molecule has 0 aliphatic rings. The second kappa shape index (κ2) is 8.45. The van der Waals surface area contributed by atoms with Gasteiger partial charge >= 0.3 is 5.97 Å². The van der Waals surface area contributed by atoms with Crippen LogP contribution in [0.5, 0.6) is 11.5 Å². The molecule has 0 amide bonds. The molecular formula is C22H23NO4. The summed E-state index contributed by atoms with van der Waals surface area (Å²) in [6.45, 7) is 0.590. The van der Waals surface area contributed by atoms with Crippen molar-refractivity contribution in [1.82, 2.24) is 4.57 Å². The number of esters is 1. The van der Waals surface area contributed by atoms with Gasteiger partial charge in [0.15, 0.2) is 0 Å². The van der Waals surface area contributed by atoms with Gasteiger partial charge in [-0.3, -0.25) is 0 Å².